The van der Waals surface area contributed by atoms with Gasteiger partial charge in [-0.2, -0.15) is 0 Å². The fourth-order valence-electron chi connectivity index (χ4n) is 2.25. The number of hydrogen-bond donors (Lipinski definition) is 2. The Morgan fingerprint density at radius 3 is 2.11 bits per heavy atom. The molecule has 18 heavy (non-hydrogen) atoms. The van der Waals surface area contributed by atoms with Gasteiger partial charge in [0.05, 0.1) is 0 Å². The first kappa shape index (κ1) is 12.1. The topological polar surface area (TPSA) is 68.2 Å². The van der Waals surface area contributed by atoms with Crippen LogP contribution in [-0.4, -0.2) is 34.7 Å². The molecule has 0 spiro atoms. The molecule has 3 fully saturated rings. The molecule has 2 unspecified atom stereocenters. The van der Waals surface area contributed by atoms with Crippen molar-refractivity contribution in [3.05, 3.63) is 35.9 Å². The minimum Gasteiger partial charge on any atom is -0.387 e. The molecule has 0 amide bonds. The molecule has 5 nitrogen and oxygen atoms in total. The van der Waals surface area contributed by atoms with E-state index in [1.54, 1.807) is 0 Å². The van der Waals surface area contributed by atoms with Gasteiger partial charge in [0, 0.05) is 6.42 Å². The average molecular weight is 250 g/mol. The van der Waals surface area contributed by atoms with E-state index in [1.807, 2.05) is 30.3 Å². The molecule has 3 aliphatic heterocycles. The van der Waals surface area contributed by atoms with E-state index in [0.717, 1.165) is 5.56 Å². The van der Waals surface area contributed by atoms with Crippen molar-refractivity contribution in [1.29, 1.82) is 0 Å². The molecule has 2 atom stereocenters. The van der Waals surface area contributed by atoms with Crippen LogP contribution >= 0.6 is 0 Å². The second kappa shape index (κ2) is 3.56. The van der Waals surface area contributed by atoms with Crippen LogP contribution in [-0.2, 0) is 20.4 Å². The number of hydrogen-bond acceptors (Lipinski definition) is 5. The smallest absolute Gasteiger partial charge is 0.387 e. The molecule has 3 heterocycles. The molecule has 2 N–H and O–H groups in total. The lowest BCUT2D eigenvalue weighted by molar-refractivity contribution is -0.524. The highest BCUT2D eigenvalue weighted by Gasteiger charge is 2.79. The monoisotopic (exact) mass is 250 g/mol. The Morgan fingerprint density at radius 2 is 1.67 bits per heavy atom. The van der Waals surface area contributed by atoms with Crippen LogP contribution in [0.15, 0.2) is 30.3 Å². The largest absolute Gasteiger partial charge is 0.651 e. The van der Waals surface area contributed by atoms with Gasteiger partial charge >= 0.3 is 7.32 Å². The normalized spacial score (nSPS) is 26.6. The van der Waals surface area contributed by atoms with E-state index in [4.69, 9.17) is 14.0 Å². The predicted molar refractivity (Wildman–Crippen MR) is 63.1 cm³/mol. The Labute approximate surface area is 105 Å². The highest BCUT2D eigenvalue weighted by Crippen LogP contribution is 2.53. The molecule has 1 aromatic carbocycles. The van der Waals surface area contributed by atoms with Crippen molar-refractivity contribution in [2.45, 2.75) is 37.4 Å². The summed E-state index contributed by atoms with van der Waals surface area (Å²) < 4.78 is 15.4. The maximum Gasteiger partial charge on any atom is 0.651 e. The standard InChI is InChI=1S/C12H15BO5/c1-10(14,8-9-6-4-3-5-7-9)11(2,15)12-16-13(17-12)18-12/h3-7,14-15H,8H2,1-2H3. The zero-order valence-electron chi connectivity index (χ0n) is 10.3. The molecule has 3 aliphatic rings. The Morgan fingerprint density at radius 1 is 1.11 bits per heavy atom. The van der Waals surface area contributed by atoms with Gasteiger partial charge in [-0.3, -0.25) is 0 Å². The van der Waals surface area contributed by atoms with E-state index in [2.05, 4.69) is 0 Å². The third-order valence-corrected chi connectivity index (χ3v) is 3.79. The van der Waals surface area contributed by atoms with E-state index in [-0.39, 0.29) is 6.42 Å². The Bertz CT molecular complexity index is 442. The zero-order valence-corrected chi connectivity index (χ0v) is 10.3. The van der Waals surface area contributed by atoms with Gasteiger partial charge in [-0.1, -0.05) is 30.3 Å². The van der Waals surface area contributed by atoms with Gasteiger partial charge in [0.25, 0.3) is 5.97 Å². The van der Waals surface area contributed by atoms with Crippen molar-refractivity contribution in [2.75, 3.05) is 0 Å². The molecule has 3 saturated heterocycles. The summed E-state index contributed by atoms with van der Waals surface area (Å²) in [5.41, 5.74) is -2.20. The maximum absolute atomic E-state index is 10.5. The van der Waals surface area contributed by atoms with Crippen molar-refractivity contribution in [3.63, 3.8) is 0 Å². The highest BCUT2D eigenvalue weighted by molar-refractivity contribution is 6.43. The van der Waals surface area contributed by atoms with Crippen LogP contribution in [0.3, 0.4) is 0 Å². The minimum absolute atomic E-state index is 0.267. The van der Waals surface area contributed by atoms with Crippen molar-refractivity contribution in [2.24, 2.45) is 0 Å². The molecule has 0 aliphatic carbocycles. The first-order valence-corrected chi connectivity index (χ1v) is 5.88. The number of benzene rings is 1. The quantitative estimate of drug-likeness (QED) is 0.759. The average Bonchev–Trinajstić information content (AvgIpc) is 2.12. The van der Waals surface area contributed by atoms with Crippen molar-refractivity contribution < 1.29 is 24.2 Å². The predicted octanol–water partition coefficient (Wildman–Crippen LogP) is 0.447. The summed E-state index contributed by atoms with van der Waals surface area (Å²) in [7, 11) is -0.691. The van der Waals surface area contributed by atoms with Crippen LogP contribution in [0.4, 0.5) is 0 Å². The molecule has 6 heteroatoms. The van der Waals surface area contributed by atoms with Gasteiger partial charge in [0.15, 0.2) is 5.60 Å². The molecular formula is C12H15BO5. The second-order valence-corrected chi connectivity index (χ2v) is 5.21. The fourth-order valence-corrected chi connectivity index (χ4v) is 2.25. The molecule has 0 saturated carbocycles. The van der Waals surface area contributed by atoms with Gasteiger partial charge in [0.1, 0.15) is 5.60 Å². The van der Waals surface area contributed by atoms with Gasteiger partial charge < -0.3 is 24.2 Å². The van der Waals surface area contributed by atoms with Gasteiger partial charge in [-0.25, -0.2) is 0 Å². The molecule has 1 aromatic rings. The van der Waals surface area contributed by atoms with Crippen LogP contribution in [0, 0.1) is 0 Å². The summed E-state index contributed by atoms with van der Waals surface area (Å²) in [5.74, 6) is -1.52. The third-order valence-electron chi connectivity index (χ3n) is 3.79. The van der Waals surface area contributed by atoms with Gasteiger partial charge in [-0.05, 0) is 19.4 Å². The lowest BCUT2D eigenvalue weighted by atomic mass is 9.74. The first-order chi connectivity index (χ1) is 8.36. The summed E-state index contributed by atoms with van der Waals surface area (Å²) >= 11 is 0. The first-order valence-electron chi connectivity index (χ1n) is 5.88. The van der Waals surface area contributed by atoms with Crippen LogP contribution < -0.4 is 0 Å². The van der Waals surface area contributed by atoms with Gasteiger partial charge in [0.2, 0.25) is 0 Å². The lowest BCUT2D eigenvalue weighted by Gasteiger charge is -2.64. The highest BCUT2D eigenvalue weighted by atomic mass is 17.1. The Hall–Kier alpha value is -0.915. The van der Waals surface area contributed by atoms with Crippen molar-refractivity contribution >= 4 is 7.32 Å². The SMILES string of the molecule is CC(O)(Cc1ccccc1)C(C)(O)C12OB(O1)O2. The molecular weight excluding hydrogens is 235 g/mol. The van der Waals surface area contributed by atoms with Crippen LogP contribution in [0.25, 0.3) is 0 Å². The summed E-state index contributed by atoms with van der Waals surface area (Å²) in [5, 5.41) is 21.0. The number of aliphatic hydroxyl groups is 2. The van der Waals surface area contributed by atoms with Crippen molar-refractivity contribution in [1.82, 2.24) is 0 Å². The Balaban J connectivity index is 1.81. The summed E-state index contributed by atoms with van der Waals surface area (Å²) in [4.78, 5) is 0. The molecule has 96 valence electrons. The molecule has 2 bridgehead atoms. The minimum atomic E-state index is -1.66. The Kier molecular flexibility index (Phi) is 2.40. The van der Waals surface area contributed by atoms with E-state index < -0.39 is 24.5 Å². The molecule has 4 rings (SSSR count). The number of rotatable bonds is 4. The van der Waals surface area contributed by atoms with E-state index >= 15 is 0 Å². The van der Waals surface area contributed by atoms with E-state index in [0.29, 0.717) is 0 Å². The second-order valence-electron chi connectivity index (χ2n) is 5.21. The summed E-state index contributed by atoms with van der Waals surface area (Å²) in [6.45, 7) is 2.99. The molecule has 0 aromatic heterocycles. The van der Waals surface area contributed by atoms with E-state index in [1.165, 1.54) is 13.8 Å². The molecule has 0 radical (unpaired) electrons. The maximum atomic E-state index is 10.5. The fraction of sp³-hybridized carbons (Fsp3) is 0.500. The van der Waals surface area contributed by atoms with Crippen molar-refractivity contribution in [3.8, 4) is 0 Å². The summed E-state index contributed by atoms with van der Waals surface area (Å²) in [6.07, 6.45) is 0.267. The van der Waals surface area contributed by atoms with Gasteiger partial charge in [-0.15, -0.1) is 0 Å². The van der Waals surface area contributed by atoms with Crippen LogP contribution in [0.1, 0.15) is 19.4 Å². The van der Waals surface area contributed by atoms with Crippen LogP contribution in [0.2, 0.25) is 0 Å². The van der Waals surface area contributed by atoms with Crippen LogP contribution in [0.5, 0.6) is 0 Å². The third kappa shape index (κ3) is 1.47. The zero-order chi connectivity index (χ0) is 13.0. The summed E-state index contributed by atoms with van der Waals surface area (Å²) in [6, 6.07) is 9.42. The van der Waals surface area contributed by atoms with E-state index in [9.17, 15) is 10.2 Å². The lowest BCUT2D eigenvalue weighted by Crippen LogP contribution is -2.87.